The van der Waals surface area contributed by atoms with Gasteiger partial charge >= 0.3 is 6.03 Å². The number of urea groups is 1. The highest BCUT2D eigenvalue weighted by molar-refractivity contribution is 7.89. The molecule has 1 aliphatic rings. The number of nitrogens with one attached hydrogen (secondary N) is 2. The number of anilines is 1. The van der Waals surface area contributed by atoms with Crippen LogP contribution in [0.1, 0.15) is 0 Å². The van der Waals surface area contributed by atoms with Crippen molar-refractivity contribution >= 4 is 50.4 Å². The summed E-state index contributed by atoms with van der Waals surface area (Å²) in [4.78, 5) is 26.0. The summed E-state index contributed by atoms with van der Waals surface area (Å²) in [6, 6.07) is 13.1. The van der Waals surface area contributed by atoms with Crippen LogP contribution in [0.15, 0.2) is 53.4 Å². The molecule has 0 atom stereocenters. The molecule has 1 aromatic heterocycles. The Labute approximate surface area is 183 Å². The summed E-state index contributed by atoms with van der Waals surface area (Å²) < 4.78 is 35.7. The van der Waals surface area contributed by atoms with Gasteiger partial charge < -0.3 is 5.32 Å². The van der Waals surface area contributed by atoms with Crippen LogP contribution in [0.3, 0.4) is 0 Å². The Balaban J connectivity index is 1.31. The van der Waals surface area contributed by atoms with Crippen LogP contribution in [-0.2, 0) is 14.8 Å². The van der Waals surface area contributed by atoms with E-state index in [1.807, 2.05) is 11.0 Å². The molecule has 0 bridgehead atoms. The minimum Gasteiger partial charge on any atom is -0.308 e. The fourth-order valence-corrected chi connectivity index (χ4v) is 5.48. The second-order valence-corrected chi connectivity index (χ2v) is 9.37. The molecule has 12 heteroatoms. The Morgan fingerprint density at radius 2 is 1.71 bits per heavy atom. The number of nitrogens with zero attached hydrogens (tertiary/aromatic N) is 4. The van der Waals surface area contributed by atoms with Gasteiger partial charge in [-0.25, -0.2) is 13.2 Å². The SMILES string of the molecule is O=C(CN1CCN(S(=O)(=O)c2cccc3nsnc23)CC1)NC(=O)Nc1ccccc1. The van der Waals surface area contributed by atoms with Crippen molar-refractivity contribution in [1.29, 1.82) is 0 Å². The summed E-state index contributed by atoms with van der Waals surface area (Å²) in [6.45, 7) is 1.22. The van der Waals surface area contributed by atoms with Crippen molar-refractivity contribution in [3.8, 4) is 0 Å². The van der Waals surface area contributed by atoms with Gasteiger partial charge in [0.2, 0.25) is 15.9 Å². The maximum Gasteiger partial charge on any atom is 0.325 e. The zero-order valence-corrected chi connectivity index (χ0v) is 18.0. The maximum atomic E-state index is 13.1. The Morgan fingerprint density at radius 3 is 2.45 bits per heavy atom. The van der Waals surface area contributed by atoms with Gasteiger partial charge in [0, 0.05) is 31.9 Å². The molecule has 0 radical (unpaired) electrons. The summed E-state index contributed by atoms with van der Waals surface area (Å²) in [5, 5.41) is 4.86. The largest absolute Gasteiger partial charge is 0.325 e. The van der Waals surface area contributed by atoms with Gasteiger partial charge in [0.05, 0.1) is 18.3 Å². The smallest absolute Gasteiger partial charge is 0.308 e. The lowest BCUT2D eigenvalue weighted by Crippen LogP contribution is -2.51. The molecule has 4 rings (SSSR count). The van der Waals surface area contributed by atoms with Crippen LogP contribution < -0.4 is 10.6 Å². The number of carbonyl (C=O) groups excluding carboxylic acids is 2. The van der Waals surface area contributed by atoms with Crippen LogP contribution in [0.5, 0.6) is 0 Å². The summed E-state index contributed by atoms with van der Waals surface area (Å²) in [5.74, 6) is -0.456. The van der Waals surface area contributed by atoms with Crippen molar-refractivity contribution in [2.75, 3.05) is 38.0 Å². The Morgan fingerprint density at radius 1 is 0.968 bits per heavy atom. The zero-order valence-electron chi connectivity index (χ0n) is 16.4. The molecule has 0 spiro atoms. The first-order valence-corrected chi connectivity index (χ1v) is 11.7. The van der Waals surface area contributed by atoms with E-state index in [-0.39, 0.29) is 24.5 Å². The van der Waals surface area contributed by atoms with Crippen LogP contribution in [-0.4, -0.2) is 71.0 Å². The highest BCUT2D eigenvalue weighted by atomic mass is 32.2. The van der Waals surface area contributed by atoms with E-state index in [1.54, 1.807) is 36.4 Å². The van der Waals surface area contributed by atoms with Crippen molar-refractivity contribution in [3.05, 3.63) is 48.5 Å². The van der Waals surface area contributed by atoms with Crippen molar-refractivity contribution in [2.45, 2.75) is 4.90 Å². The number of fused-ring (bicyclic) bond motifs is 1. The molecular weight excluding hydrogens is 440 g/mol. The van der Waals surface area contributed by atoms with E-state index in [0.717, 1.165) is 11.7 Å². The van der Waals surface area contributed by atoms with Crippen molar-refractivity contribution < 1.29 is 18.0 Å². The van der Waals surface area contributed by atoms with Crippen LogP contribution in [0.2, 0.25) is 0 Å². The van der Waals surface area contributed by atoms with Crippen LogP contribution in [0.4, 0.5) is 10.5 Å². The second-order valence-electron chi connectivity index (χ2n) is 6.94. The van der Waals surface area contributed by atoms with Gasteiger partial charge in [-0.05, 0) is 24.3 Å². The van der Waals surface area contributed by atoms with Crippen molar-refractivity contribution in [2.24, 2.45) is 0 Å². The third-order valence-electron chi connectivity index (χ3n) is 4.85. The molecule has 0 unspecified atom stereocenters. The predicted octanol–water partition coefficient (Wildman–Crippen LogP) is 1.35. The van der Waals surface area contributed by atoms with Gasteiger partial charge in [-0.2, -0.15) is 13.1 Å². The van der Waals surface area contributed by atoms with E-state index >= 15 is 0 Å². The molecular formula is C19H20N6O4S2. The van der Waals surface area contributed by atoms with Crippen molar-refractivity contribution in [3.63, 3.8) is 0 Å². The van der Waals surface area contributed by atoms with Gasteiger partial charge in [0.1, 0.15) is 15.9 Å². The minimum absolute atomic E-state index is 0.00167. The fraction of sp³-hybridized carbons (Fsp3) is 0.263. The summed E-state index contributed by atoms with van der Waals surface area (Å²) >= 11 is 0.974. The number of aromatic nitrogens is 2. The molecule has 0 aliphatic carbocycles. The lowest BCUT2D eigenvalue weighted by molar-refractivity contribution is -0.121. The van der Waals surface area contributed by atoms with Gasteiger partial charge in [0.15, 0.2) is 0 Å². The van der Waals surface area contributed by atoms with E-state index in [9.17, 15) is 18.0 Å². The number of imide groups is 1. The number of hydrogen-bond donors (Lipinski definition) is 2. The summed E-state index contributed by atoms with van der Waals surface area (Å²) in [6.07, 6.45) is 0. The number of benzene rings is 2. The second kappa shape index (κ2) is 9.06. The Kier molecular flexibility index (Phi) is 6.23. The van der Waals surface area contributed by atoms with Gasteiger partial charge in [0.25, 0.3) is 0 Å². The first-order valence-electron chi connectivity index (χ1n) is 9.53. The number of piperazine rings is 1. The van der Waals surface area contributed by atoms with E-state index in [0.29, 0.717) is 29.8 Å². The van der Waals surface area contributed by atoms with Gasteiger partial charge in [-0.15, -0.1) is 0 Å². The van der Waals surface area contributed by atoms with Gasteiger partial charge in [-0.1, -0.05) is 24.3 Å². The molecule has 2 heterocycles. The van der Waals surface area contributed by atoms with Crippen LogP contribution in [0, 0.1) is 0 Å². The minimum atomic E-state index is -3.72. The number of para-hydroxylation sites is 1. The molecule has 3 amide bonds. The standard InChI is InChI=1S/C19H20N6O4S2/c26-17(21-19(27)20-14-5-2-1-3-6-14)13-24-9-11-25(12-10-24)31(28,29)16-8-4-7-15-18(16)23-30-22-15/h1-8H,9-13H2,(H2,20,21,26,27). The predicted molar refractivity (Wildman–Crippen MR) is 116 cm³/mol. The molecule has 1 aliphatic heterocycles. The molecule has 31 heavy (non-hydrogen) atoms. The fourth-order valence-electron chi connectivity index (χ4n) is 3.31. The van der Waals surface area contributed by atoms with Crippen LogP contribution in [0.25, 0.3) is 11.0 Å². The average Bonchev–Trinajstić information content (AvgIpc) is 3.23. The summed E-state index contributed by atoms with van der Waals surface area (Å²) in [5.41, 5.74) is 1.51. The molecule has 162 valence electrons. The topological polar surface area (TPSA) is 125 Å². The lowest BCUT2D eigenvalue weighted by atomic mass is 10.3. The number of carbonyl (C=O) groups is 2. The van der Waals surface area contributed by atoms with Crippen LogP contribution >= 0.6 is 11.7 Å². The Bertz CT molecular complexity index is 1190. The molecule has 1 saturated heterocycles. The zero-order chi connectivity index (χ0) is 21.8. The van der Waals surface area contributed by atoms with Crippen molar-refractivity contribution in [1.82, 2.24) is 23.3 Å². The highest BCUT2D eigenvalue weighted by Crippen LogP contribution is 2.25. The molecule has 2 N–H and O–H groups in total. The van der Waals surface area contributed by atoms with E-state index in [1.165, 1.54) is 10.4 Å². The molecule has 2 aromatic carbocycles. The lowest BCUT2D eigenvalue weighted by Gasteiger charge is -2.33. The normalized spacial score (nSPS) is 15.6. The van der Waals surface area contributed by atoms with E-state index in [2.05, 4.69) is 19.4 Å². The number of sulfonamides is 1. The number of amides is 3. The average molecular weight is 461 g/mol. The number of hydrogen-bond acceptors (Lipinski definition) is 8. The maximum absolute atomic E-state index is 13.1. The molecule has 3 aromatic rings. The molecule has 1 fully saturated rings. The monoisotopic (exact) mass is 460 g/mol. The summed E-state index contributed by atoms with van der Waals surface area (Å²) in [7, 11) is -3.72. The highest BCUT2D eigenvalue weighted by Gasteiger charge is 2.31. The quantitative estimate of drug-likeness (QED) is 0.589. The Hall–Kier alpha value is -2.93. The third kappa shape index (κ3) is 4.88. The molecule has 0 saturated carbocycles. The first kappa shape index (κ1) is 21.3. The number of rotatable bonds is 5. The van der Waals surface area contributed by atoms with E-state index in [4.69, 9.17) is 0 Å². The third-order valence-corrected chi connectivity index (χ3v) is 7.32. The van der Waals surface area contributed by atoms with E-state index < -0.39 is 22.0 Å². The molecule has 10 nitrogen and oxygen atoms in total. The van der Waals surface area contributed by atoms with Gasteiger partial charge in [-0.3, -0.25) is 15.0 Å². The first-order chi connectivity index (χ1) is 14.9.